The van der Waals surface area contributed by atoms with Gasteiger partial charge in [0.05, 0.1) is 6.04 Å². The molecule has 78 valence electrons. The summed E-state index contributed by atoms with van der Waals surface area (Å²) in [6, 6.07) is 9.79. The second kappa shape index (κ2) is 4.23. The minimum Gasteiger partial charge on any atom is -0.424 e. The number of rotatable bonds is 3. The Kier molecular flexibility index (Phi) is 2.78. The second-order valence-corrected chi connectivity index (χ2v) is 3.46. The molecule has 4 nitrogen and oxygen atoms in total. The van der Waals surface area contributed by atoms with E-state index in [1.807, 2.05) is 30.3 Å². The summed E-state index contributed by atoms with van der Waals surface area (Å²) >= 11 is 0. The van der Waals surface area contributed by atoms with Crippen LogP contribution in [-0.2, 0) is 6.42 Å². The maximum Gasteiger partial charge on any atom is 0.233 e. The molecule has 1 aromatic carbocycles. The summed E-state index contributed by atoms with van der Waals surface area (Å²) in [5, 5.41) is 7.65. The number of hydrogen-bond donors (Lipinski definition) is 1. The summed E-state index contributed by atoms with van der Waals surface area (Å²) in [6.07, 6.45) is 0.711. The Hall–Kier alpha value is -1.68. The van der Waals surface area contributed by atoms with E-state index in [0.717, 1.165) is 0 Å². The summed E-state index contributed by atoms with van der Waals surface area (Å²) < 4.78 is 5.27. The topological polar surface area (TPSA) is 64.9 Å². The molecule has 4 heteroatoms. The van der Waals surface area contributed by atoms with Gasteiger partial charge in [-0.3, -0.25) is 0 Å². The number of hydrogen-bond acceptors (Lipinski definition) is 4. The highest BCUT2D eigenvalue weighted by Gasteiger charge is 2.13. The number of nitrogens with zero attached hydrogens (tertiary/aromatic N) is 2. The van der Waals surface area contributed by atoms with E-state index in [4.69, 9.17) is 10.2 Å². The van der Waals surface area contributed by atoms with E-state index < -0.39 is 0 Å². The smallest absolute Gasteiger partial charge is 0.233 e. The Morgan fingerprint density at radius 2 is 2.00 bits per heavy atom. The van der Waals surface area contributed by atoms with E-state index >= 15 is 0 Å². The Balaban J connectivity index is 2.07. The van der Waals surface area contributed by atoms with E-state index in [1.165, 1.54) is 5.56 Å². The first kappa shape index (κ1) is 9.86. The van der Waals surface area contributed by atoms with Gasteiger partial charge in [-0.25, -0.2) is 0 Å². The molecule has 1 atom stereocenters. The van der Waals surface area contributed by atoms with Crippen LogP contribution in [0.3, 0.4) is 0 Å². The minimum absolute atomic E-state index is 0.228. The van der Waals surface area contributed by atoms with Crippen LogP contribution in [0.4, 0.5) is 0 Å². The molecule has 0 aliphatic heterocycles. The fraction of sp³-hybridized carbons (Fsp3) is 0.273. The van der Waals surface area contributed by atoms with Gasteiger partial charge in [0.1, 0.15) is 0 Å². The molecule has 0 aliphatic rings. The second-order valence-electron chi connectivity index (χ2n) is 3.46. The molecule has 0 spiro atoms. The van der Waals surface area contributed by atoms with Crippen LogP contribution >= 0.6 is 0 Å². The third-order valence-corrected chi connectivity index (χ3v) is 2.16. The van der Waals surface area contributed by atoms with Gasteiger partial charge in [0.25, 0.3) is 0 Å². The van der Waals surface area contributed by atoms with Crippen LogP contribution in [0.2, 0.25) is 0 Å². The maximum absolute atomic E-state index is 5.94. The number of aromatic nitrogens is 2. The van der Waals surface area contributed by atoms with Crippen molar-refractivity contribution in [1.82, 2.24) is 10.2 Å². The lowest BCUT2D eigenvalue weighted by atomic mass is 10.1. The Morgan fingerprint density at radius 1 is 1.27 bits per heavy atom. The number of benzene rings is 1. The molecule has 0 radical (unpaired) electrons. The van der Waals surface area contributed by atoms with Crippen LogP contribution in [0.15, 0.2) is 34.7 Å². The fourth-order valence-corrected chi connectivity index (χ4v) is 1.42. The highest BCUT2D eigenvalue weighted by atomic mass is 16.4. The monoisotopic (exact) mass is 203 g/mol. The van der Waals surface area contributed by atoms with E-state index in [-0.39, 0.29) is 6.04 Å². The predicted molar refractivity (Wildman–Crippen MR) is 56.1 cm³/mol. The number of nitrogens with two attached hydrogens (primary N) is 1. The van der Waals surface area contributed by atoms with Crippen LogP contribution in [0.1, 0.15) is 23.4 Å². The lowest BCUT2D eigenvalue weighted by Gasteiger charge is -2.06. The van der Waals surface area contributed by atoms with Crippen molar-refractivity contribution < 1.29 is 4.42 Å². The lowest BCUT2D eigenvalue weighted by Crippen LogP contribution is -2.13. The van der Waals surface area contributed by atoms with Gasteiger partial charge in [-0.1, -0.05) is 30.3 Å². The van der Waals surface area contributed by atoms with Gasteiger partial charge in [0.2, 0.25) is 11.8 Å². The van der Waals surface area contributed by atoms with E-state index in [9.17, 15) is 0 Å². The zero-order valence-corrected chi connectivity index (χ0v) is 8.55. The molecule has 0 saturated carbocycles. The normalized spacial score (nSPS) is 12.7. The van der Waals surface area contributed by atoms with Gasteiger partial charge in [0.15, 0.2) is 0 Å². The highest BCUT2D eigenvalue weighted by molar-refractivity contribution is 5.16. The first-order valence-electron chi connectivity index (χ1n) is 4.85. The summed E-state index contributed by atoms with van der Waals surface area (Å²) in [6.45, 7) is 1.76. The van der Waals surface area contributed by atoms with Crippen molar-refractivity contribution in [3.63, 3.8) is 0 Å². The standard InChI is InChI=1S/C11H13N3O/c1-8-13-14-11(15-8)10(12)7-9-5-3-2-4-6-9/h2-6,10H,7,12H2,1H3/t10-/m0/s1. The average Bonchev–Trinajstić information content (AvgIpc) is 2.66. The third kappa shape index (κ3) is 2.41. The summed E-state index contributed by atoms with van der Waals surface area (Å²) in [7, 11) is 0. The predicted octanol–water partition coefficient (Wildman–Crippen LogP) is 1.62. The molecular weight excluding hydrogens is 190 g/mol. The van der Waals surface area contributed by atoms with Crippen LogP contribution in [0.25, 0.3) is 0 Å². The van der Waals surface area contributed by atoms with Crippen molar-refractivity contribution in [3.8, 4) is 0 Å². The van der Waals surface area contributed by atoms with Gasteiger partial charge in [-0.2, -0.15) is 0 Å². The largest absolute Gasteiger partial charge is 0.424 e. The number of aryl methyl sites for hydroxylation is 1. The van der Waals surface area contributed by atoms with E-state index in [0.29, 0.717) is 18.2 Å². The zero-order valence-electron chi connectivity index (χ0n) is 8.55. The molecule has 15 heavy (non-hydrogen) atoms. The Morgan fingerprint density at radius 3 is 2.60 bits per heavy atom. The van der Waals surface area contributed by atoms with Crippen LogP contribution in [0.5, 0.6) is 0 Å². The highest BCUT2D eigenvalue weighted by Crippen LogP contribution is 2.14. The molecule has 0 aliphatic carbocycles. The molecule has 1 aromatic heterocycles. The molecule has 0 amide bonds. The average molecular weight is 203 g/mol. The first-order chi connectivity index (χ1) is 7.25. The summed E-state index contributed by atoms with van der Waals surface area (Å²) in [4.78, 5) is 0. The van der Waals surface area contributed by atoms with Crippen molar-refractivity contribution >= 4 is 0 Å². The quantitative estimate of drug-likeness (QED) is 0.823. The van der Waals surface area contributed by atoms with Crippen molar-refractivity contribution in [2.24, 2.45) is 5.73 Å². The minimum atomic E-state index is -0.228. The fourth-order valence-electron chi connectivity index (χ4n) is 1.42. The molecule has 0 bridgehead atoms. The zero-order chi connectivity index (χ0) is 10.7. The van der Waals surface area contributed by atoms with Gasteiger partial charge in [-0.05, 0) is 12.0 Å². The SMILES string of the molecule is Cc1nnc([C@@H](N)Cc2ccccc2)o1. The molecule has 1 heterocycles. The van der Waals surface area contributed by atoms with Crippen molar-refractivity contribution in [3.05, 3.63) is 47.7 Å². The summed E-state index contributed by atoms with van der Waals surface area (Å²) in [5.74, 6) is 1.05. The molecule has 0 saturated heterocycles. The Labute approximate surface area is 88.1 Å². The van der Waals surface area contributed by atoms with Gasteiger partial charge in [0, 0.05) is 6.92 Å². The van der Waals surface area contributed by atoms with Crippen LogP contribution < -0.4 is 5.73 Å². The van der Waals surface area contributed by atoms with Crippen molar-refractivity contribution in [2.75, 3.05) is 0 Å². The van der Waals surface area contributed by atoms with Gasteiger partial charge >= 0.3 is 0 Å². The van der Waals surface area contributed by atoms with E-state index in [1.54, 1.807) is 6.92 Å². The molecule has 0 fully saturated rings. The Bertz CT molecular complexity index is 424. The molecule has 0 unspecified atom stereocenters. The lowest BCUT2D eigenvalue weighted by molar-refractivity contribution is 0.429. The molecular formula is C11H13N3O. The maximum atomic E-state index is 5.94. The molecule has 2 rings (SSSR count). The first-order valence-corrected chi connectivity index (χ1v) is 4.85. The van der Waals surface area contributed by atoms with Crippen LogP contribution in [-0.4, -0.2) is 10.2 Å². The molecule has 2 aromatic rings. The van der Waals surface area contributed by atoms with Gasteiger partial charge in [-0.15, -0.1) is 10.2 Å². The van der Waals surface area contributed by atoms with Crippen molar-refractivity contribution in [1.29, 1.82) is 0 Å². The summed E-state index contributed by atoms with van der Waals surface area (Å²) in [5.41, 5.74) is 7.11. The van der Waals surface area contributed by atoms with Crippen molar-refractivity contribution in [2.45, 2.75) is 19.4 Å². The van der Waals surface area contributed by atoms with E-state index in [2.05, 4.69) is 10.2 Å². The third-order valence-electron chi connectivity index (χ3n) is 2.16. The van der Waals surface area contributed by atoms with Crippen LogP contribution in [0, 0.1) is 6.92 Å². The van der Waals surface area contributed by atoms with Gasteiger partial charge < -0.3 is 10.2 Å². The molecule has 2 N–H and O–H groups in total.